The molecule has 3 heterocycles. The molecule has 140 valence electrons. The van der Waals surface area contributed by atoms with E-state index in [2.05, 4.69) is 40.9 Å². The molecule has 2 aromatic heterocycles. The summed E-state index contributed by atoms with van der Waals surface area (Å²) in [6.45, 7) is 6.48. The second-order valence-electron chi connectivity index (χ2n) is 7.87. The summed E-state index contributed by atoms with van der Waals surface area (Å²) in [7, 11) is 0. The van der Waals surface area contributed by atoms with Gasteiger partial charge in [-0.2, -0.15) is 0 Å². The van der Waals surface area contributed by atoms with Crippen LogP contribution in [0, 0.1) is 0 Å². The largest absolute Gasteiger partial charge is 0.348 e. The van der Waals surface area contributed by atoms with Gasteiger partial charge in [-0.15, -0.1) is 0 Å². The van der Waals surface area contributed by atoms with E-state index in [1.807, 2.05) is 18.2 Å². The topological polar surface area (TPSA) is 46.0 Å². The number of nitrogens with one attached hydrogen (secondary N) is 1. The molecular formula is C21H24ClN5. The van der Waals surface area contributed by atoms with E-state index in [9.17, 15) is 0 Å². The van der Waals surface area contributed by atoms with E-state index in [4.69, 9.17) is 21.6 Å². The molecule has 27 heavy (non-hydrogen) atoms. The van der Waals surface area contributed by atoms with E-state index in [1.165, 1.54) is 23.8 Å². The molecule has 1 saturated carbocycles. The highest BCUT2D eigenvalue weighted by Crippen LogP contribution is 2.46. The molecule has 6 heteroatoms. The maximum atomic E-state index is 6.26. The lowest BCUT2D eigenvalue weighted by atomic mass is 10.1. The Balaban J connectivity index is 1.74. The van der Waals surface area contributed by atoms with Gasteiger partial charge in [-0.1, -0.05) is 17.7 Å². The van der Waals surface area contributed by atoms with Crippen LogP contribution in [0.1, 0.15) is 38.2 Å². The number of hydrogen-bond donors (Lipinski definition) is 1. The minimum absolute atomic E-state index is 0.397. The van der Waals surface area contributed by atoms with Crippen molar-refractivity contribution >= 4 is 28.5 Å². The third-order valence-electron chi connectivity index (χ3n) is 5.77. The molecule has 1 saturated heterocycles. The Morgan fingerprint density at radius 3 is 2.59 bits per heavy atom. The van der Waals surface area contributed by atoms with Gasteiger partial charge in [0.2, 0.25) is 0 Å². The first-order valence-corrected chi connectivity index (χ1v) is 10.1. The van der Waals surface area contributed by atoms with Crippen molar-refractivity contribution in [3.8, 4) is 5.69 Å². The molecule has 0 unspecified atom stereocenters. The number of anilines is 1. The minimum atomic E-state index is 0.397. The van der Waals surface area contributed by atoms with Crippen LogP contribution in [0.4, 0.5) is 5.82 Å². The van der Waals surface area contributed by atoms with Crippen LogP contribution in [0.25, 0.3) is 16.7 Å². The first-order chi connectivity index (χ1) is 13.1. The molecule has 2 fully saturated rings. The van der Waals surface area contributed by atoms with E-state index < -0.39 is 0 Å². The molecule has 0 amide bonds. The van der Waals surface area contributed by atoms with E-state index in [-0.39, 0.29) is 0 Å². The molecule has 5 rings (SSSR count). The molecule has 3 aromatic rings. The van der Waals surface area contributed by atoms with Crippen LogP contribution in [0.3, 0.4) is 0 Å². The van der Waals surface area contributed by atoms with Gasteiger partial charge in [0.25, 0.3) is 0 Å². The Morgan fingerprint density at radius 2 is 1.89 bits per heavy atom. The van der Waals surface area contributed by atoms with Crippen LogP contribution in [0.15, 0.2) is 36.8 Å². The van der Waals surface area contributed by atoms with Crippen LogP contribution in [-0.4, -0.2) is 39.7 Å². The summed E-state index contributed by atoms with van der Waals surface area (Å²) in [6.07, 6.45) is 6.45. The summed E-state index contributed by atoms with van der Waals surface area (Å²) in [5.74, 6) is 1.69. The predicted molar refractivity (Wildman–Crippen MR) is 110 cm³/mol. The van der Waals surface area contributed by atoms with Crippen LogP contribution < -0.4 is 10.2 Å². The van der Waals surface area contributed by atoms with Gasteiger partial charge in [0, 0.05) is 42.1 Å². The van der Waals surface area contributed by atoms with Gasteiger partial charge < -0.3 is 14.8 Å². The average molecular weight is 382 g/mol. The number of halogens is 1. The fourth-order valence-electron chi connectivity index (χ4n) is 4.35. The SMILES string of the molecule is C[C@H]1CNC[C@H](C)N1c1ncnc2c1c(C1CC1)cn2-c1cccc(Cl)c1. The van der Waals surface area contributed by atoms with Crippen molar-refractivity contribution in [3.05, 3.63) is 47.4 Å². The molecule has 2 atom stereocenters. The van der Waals surface area contributed by atoms with Crippen molar-refractivity contribution in [1.29, 1.82) is 0 Å². The lowest BCUT2D eigenvalue weighted by Crippen LogP contribution is -2.55. The smallest absolute Gasteiger partial charge is 0.150 e. The maximum Gasteiger partial charge on any atom is 0.150 e. The van der Waals surface area contributed by atoms with E-state index in [1.54, 1.807) is 6.33 Å². The van der Waals surface area contributed by atoms with Crippen molar-refractivity contribution < 1.29 is 0 Å². The zero-order valence-electron chi connectivity index (χ0n) is 15.7. The van der Waals surface area contributed by atoms with Gasteiger partial charge in [-0.25, -0.2) is 9.97 Å². The lowest BCUT2D eigenvalue weighted by molar-refractivity contribution is 0.429. The van der Waals surface area contributed by atoms with Gasteiger partial charge in [-0.3, -0.25) is 0 Å². The molecule has 0 spiro atoms. The molecular weight excluding hydrogens is 358 g/mol. The maximum absolute atomic E-state index is 6.26. The Bertz CT molecular complexity index is 983. The fraction of sp³-hybridized carbons (Fsp3) is 0.429. The molecule has 1 N–H and O–H groups in total. The summed E-state index contributed by atoms with van der Waals surface area (Å²) in [6, 6.07) is 8.77. The Kier molecular flexibility index (Phi) is 4.10. The van der Waals surface area contributed by atoms with E-state index in [0.29, 0.717) is 18.0 Å². The van der Waals surface area contributed by atoms with Crippen molar-refractivity contribution in [3.63, 3.8) is 0 Å². The standard InChI is InChI=1S/C21H24ClN5/c1-13-9-23-10-14(2)27(13)21-19-18(15-6-7-15)11-26(20(19)24-12-25-21)17-5-3-4-16(22)8-17/h3-5,8,11-15,23H,6-7,9-10H2,1-2H3/t13-,14-/m0/s1. The number of nitrogens with zero attached hydrogens (tertiary/aromatic N) is 4. The van der Waals surface area contributed by atoms with Gasteiger partial charge in [0.05, 0.1) is 5.39 Å². The number of aromatic nitrogens is 3. The van der Waals surface area contributed by atoms with Gasteiger partial charge in [0.1, 0.15) is 17.8 Å². The normalized spacial score (nSPS) is 23.1. The summed E-state index contributed by atoms with van der Waals surface area (Å²) in [4.78, 5) is 11.9. The third-order valence-corrected chi connectivity index (χ3v) is 6.00. The molecule has 1 aromatic carbocycles. The minimum Gasteiger partial charge on any atom is -0.348 e. The predicted octanol–water partition coefficient (Wildman–Crippen LogP) is 4.14. The highest BCUT2D eigenvalue weighted by molar-refractivity contribution is 6.30. The Hall–Kier alpha value is -2.11. The summed E-state index contributed by atoms with van der Waals surface area (Å²) < 4.78 is 2.18. The van der Waals surface area contributed by atoms with Crippen LogP contribution in [-0.2, 0) is 0 Å². The first kappa shape index (κ1) is 17.0. The number of benzene rings is 1. The quantitative estimate of drug-likeness (QED) is 0.740. The molecule has 2 aliphatic rings. The monoisotopic (exact) mass is 381 g/mol. The highest BCUT2D eigenvalue weighted by atomic mass is 35.5. The second-order valence-corrected chi connectivity index (χ2v) is 8.30. The number of fused-ring (bicyclic) bond motifs is 1. The van der Waals surface area contributed by atoms with Crippen molar-refractivity contribution in [2.24, 2.45) is 0 Å². The summed E-state index contributed by atoms with van der Waals surface area (Å²) in [5, 5.41) is 5.46. The average Bonchev–Trinajstić information content (AvgIpc) is 3.42. The Labute approximate surface area is 164 Å². The number of rotatable bonds is 3. The fourth-order valence-corrected chi connectivity index (χ4v) is 4.53. The van der Waals surface area contributed by atoms with Crippen molar-refractivity contribution in [2.45, 2.75) is 44.7 Å². The summed E-state index contributed by atoms with van der Waals surface area (Å²) in [5.41, 5.74) is 3.39. The molecule has 1 aliphatic carbocycles. The molecule has 5 nitrogen and oxygen atoms in total. The van der Waals surface area contributed by atoms with E-state index >= 15 is 0 Å². The van der Waals surface area contributed by atoms with Crippen LogP contribution in [0.2, 0.25) is 5.02 Å². The van der Waals surface area contributed by atoms with Gasteiger partial charge in [-0.05, 0) is 56.4 Å². The molecule has 0 bridgehead atoms. The van der Waals surface area contributed by atoms with Crippen LogP contribution in [0.5, 0.6) is 0 Å². The third kappa shape index (κ3) is 2.89. The number of hydrogen-bond acceptors (Lipinski definition) is 4. The van der Waals surface area contributed by atoms with Gasteiger partial charge in [0.15, 0.2) is 0 Å². The zero-order chi connectivity index (χ0) is 18.5. The summed E-state index contributed by atoms with van der Waals surface area (Å²) >= 11 is 6.26. The van der Waals surface area contributed by atoms with Crippen molar-refractivity contribution in [2.75, 3.05) is 18.0 Å². The zero-order valence-corrected chi connectivity index (χ0v) is 16.4. The molecule has 1 aliphatic heterocycles. The second kappa shape index (κ2) is 6.50. The Morgan fingerprint density at radius 1 is 1.11 bits per heavy atom. The van der Waals surface area contributed by atoms with Crippen molar-refractivity contribution in [1.82, 2.24) is 19.9 Å². The first-order valence-electron chi connectivity index (χ1n) is 9.74. The lowest BCUT2D eigenvalue weighted by Gasteiger charge is -2.40. The van der Waals surface area contributed by atoms with Gasteiger partial charge >= 0.3 is 0 Å². The van der Waals surface area contributed by atoms with E-state index in [0.717, 1.165) is 35.3 Å². The highest BCUT2D eigenvalue weighted by Gasteiger charge is 2.33. The number of piperazine rings is 1. The van der Waals surface area contributed by atoms with Crippen LogP contribution >= 0.6 is 11.6 Å². The molecule has 0 radical (unpaired) electrons.